The molecule has 0 bridgehead atoms. The van der Waals surface area contributed by atoms with Crippen LogP contribution in [-0.2, 0) is 42.0 Å². The number of hydrazine groups is 1. The molecule has 4 atom stereocenters. The van der Waals surface area contributed by atoms with Gasteiger partial charge < -0.3 is 35.5 Å². The first-order valence-electron chi connectivity index (χ1n) is 22.6. The molecule has 1 aromatic heterocycles. The Morgan fingerprint density at radius 1 is 0.758 bits per heavy atom. The van der Waals surface area contributed by atoms with Gasteiger partial charge in [-0.2, -0.15) is 5.48 Å². The number of nitrogens with zero attached hydrogens (tertiary/aromatic N) is 4. The van der Waals surface area contributed by atoms with Crippen LogP contribution in [0.4, 0.5) is 0 Å². The normalized spacial score (nSPS) is 14.9. The molecule has 0 saturated carbocycles. The summed E-state index contributed by atoms with van der Waals surface area (Å²) >= 11 is 0. The van der Waals surface area contributed by atoms with E-state index in [0.717, 1.165) is 37.3 Å². The van der Waals surface area contributed by atoms with E-state index in [0.29, 0.717) is 0 Å². The molecule has 3 aromatic rings. The third-order valence-corrected chi connectivity index (χ3v) is 10.4. The van der Waals surface area contributed by atoms with E-state index in [1.54, 1.807) is 41.5 Å². The lowest BCUT2D eigenvalue weighted by Gasteiger charge is -2.29. The molecule has 0 aliphatic carbocycles. The highest BCUT2D eigenvalue weighted by atomic mass is 16.6. The van der Waals surface area contributed by atoms with Crippen LogP contribution in [0.1, 0.15) is 87.5 Å². The SMILES string of the molecule is CCN(CCN(CC)C(=O)C1NC=NC1C(=O)NN[C@H](C(=O)OCc1ccccc1)C(C)C)C(=O)c1[nH]cnc1C(=O)NC(=O)[C@@H](NOCc1ccccc1)C(C)C.CCNCCNCC. The molecular formula is C46H70N12O8. The van der Waals surface area contributed by atoms with Crippen molar-refractivity contribution in [3.63, 3.8) is 0 Å². The van der Waals surface area contributed by atoms with E-state index in [9.17, 15) is 28.8 Å². The van der Waals surface area contributed by atoms with Crippen LogP contribution in [0.5, 0.6) is 0 Å². The number of hydrogen-bond donors (Lipinski definition) is 8. The number of likely N-dealkylation sites (N-methyl/N-ethyl adjacent to an activating group) is 4. The Kier molecular flexibility index (Phi) is 24.2. The fraction of sp³-hybridized carbons (Fsp3) is 0.522. The van der Waals surface area contributed by atoms with Crippen molar-refractivity contribution in [1.82, 2.24) is 57.4 Å². The van der Waals surface area contributed by atoms with Crippen molar-refractivity contribution in [2.24, 2.45) is 16.8 Å². The minimum absolute atomic E-state index is 0.0686. The fourth-order valence-corrected chi connectivity index (χ4v) is 6.46. The van der Waals surface area contributed by atoms with Crippen LogP contribution in [-0.4, -0.2) is 138 Å². The van der Waals surface area contributed by atoms with Gasteiger partial charge in [0.1, 0.15) is 30.4 Å². The first-order chi connectivity index (χ1) is 31.8. The summed E-state index contributed by atoms with van der Waals surface area (Å²) < 4.78 is 5.45. The van der Waals surface area contributed by atoms with Crippen molar-refractivity contribution in [2.75, 3.05) is 52.4 Å². The summed E-state index contributed by atoms with van der Waals surface area (Å²) in [5, 5.41) is 11.6. The summed E-state index contributed by atoms with van der Waals surface area (Å²) in [5.41, 5.74) is 9.31. The van der Waals surface area contributed by atoms with Crippen LogP contribution in [0.3, 0.4) is 0 Å². The fourth-order valence-electron chi connectivity index (χ4n) is 6.46. The molecule has 0 fully saturated rings. The Hall–Kier alpha value is -6.06. The highest BCUT2D eigenvalue weighted by molar-refractivity contribution is 6.10. The molecule has 20 nitrogen and oxygen atoms in total. The number of carbonyl (C=O) groups is 6. The first kappa shape index (κ1) is 54.3. The average molecular weight is 919 g/mol. The van der Waals surface area contributed by atoms with Crippen LogP contribution >= 0.6 is 0 Å². The number of nitrogens with one attached hydrogen (secondary N) is 8. The molecule has 2 aromatic carbocycles. The predicted octanol–water partition coefficient (Wildman–Crippen LogP) is 1.69. The lowest BCUT2D eigenvalue weighted by Crippen LogP contribution is -2.58. The summed E-state index contributed by atoms with van der Waals surface area (Å²) in [7, 11) is 0. The van der Waals surface area contributed by atoms with Crippen molar-refractivity contribution in [2.45, 2.75) is 92.8 Å². The van der Waals surface area contributed by atoms with Gasteiger partial charge >= 0.3 is 5.97 Å². The van der Waals surface area contributed by atoms with Gasteiger partial charge in [0.15, 0.2) is 11.7 Å². The molecule has 20 heteroatoms. The van der Waals surface area contributed by atoms with Crippen LogP contribution < -0.4 is 37.6 Å². The lowest BCUT2D eigenvalue weighted by atomic mass is 10.0. The summed E-state index contributed by atoms with van der Waals surface area (Å²) in [6.45, 7) is 20.1. The van der Waals surface area contributed by atoms with E-state index in [1.807, 2.05) is 60.7 Å². The molecule has 0 radical (unpaired) electrons. The van der Waals surface area contributed by atoms with Crippen molar-refractivity contribution in [1.29, 1.82) is 0 Å². The highest BCUT2D eigenvalue weighted by Gasteiger charge is 2.39. The van der Waals surface area contributed by atoms with Gasteiger partial charge in [0.05, 0.1) is 19.3 Å². The van der Waals surface area contributed by atoms with Gasteiger partial charge in [0.25, 0.3) is 17.7 Å². The van der Waals surface area contributed by atoms with Gasteiger partial charge in [0, 0.05) is 39.3 Å². The molecular weight excluding hydrogens is 849 g/mol. The Morgan fingerprint density at radius 2 is 1.33 bits per heavy atom. The number of carbonyl (C=O) groups excluding carboxylic acids is 6. The first-order valence-corrected chi connectivity index (χ1v) is 22.6. The minimum atomic E-state index is -1.15. The number of rotatable bonds is 26. The maximum Gasteiger partial charge on any atom is 0.325 e. The Bertz CT molecular complexity index is 1980. The average Bonchev–Trinajstić information content (AvgIpc) is 4.02. The number of aromatic amines is 1. The number of hydrogen-bond acceptors (Lipinski definition) is 15. The number of esters is 1. The Labute approximate surface area is 388 Å². The molecule has 4 rings (SSSR count). The number of H-pyrrole nitrogens is 1. The zero-order valence-corrected chi connectivity index (χ0v) is 39.5. The number of benzene rings is 2. The zero-order chi connectivity index (χ0) is 48.4. The van der Waals surface area contributed by atoms with Crippen LogP contribution in [0.25, 0.3) is 0 Å². The van der Waals surface area contributed by atoms with Crippen LogP contribution in [0.15, 0.2) is 72.0 Å². The van der Waals surface area contributed by atoms with E-state index in [2.05, 4.69) is 66.4 Å². The molecule has 5 amide bonds. The van der Waals surface area contributed by atoms with Gasteiger partial charge in [-0.15, -0.1) is 0 Å². The van der Waals surface area contributed by atoms with E-state index in [1.165, 1.54) is 22.5 Å². The summed E-state index contributed by atoms with van der Waals surface area (Å²) in [6.07, 6.45) is 2.47. The number of ether oxygens (including phenoxy) is 1. The van der Waals surface area contributed by atoms with Gasteiger partial charge in [-0.05, 0) is 49.9 Å². The molecule has 66 heavy (non-hydrogen) atoms. The molecule has 0 saturated heterocycles. The second-order valence-corrected chi connectivity index (χ2v) is 15.9. The molecule has 1 aliphatic heterocycles. The topological polar surface area (TPSA) is 253 Å². The third-order valence-electron chi connectivity index (χ3n) is 10.4. The standard InChI is InChI=1S/C40H54N10O8.C6H16N2/c1-7-49(38(54)33-31(41-23-43-33)36(52)45-35(51)29(25(3)4)48-58-22-28-17-13-10-14-18-28)19-20-50(8-2)39(55)34-32(42-24-44-34)37(53)47-46-30(26(5)6)40(56)57-21-27-15-11-9-12-16-27;1-3-7-5-6-8-4-2/h9-18,23-26,29-30,32,34,46,48H,7-8,19-22H2,1-6H3,(H,41,43)(H,42,44)(H,47,53)(H,45,51,52);7-8H,3-6H2,1-2H3/t29-,30-,32?,34?;/m0./s1. The third kappa shape index (κ3) is 17.4. The smallest absolute Gasteiger partial charge is 0.325 e. The van der Waals surface area contributed by atoms with E-state index in [-0.39, 0.29) is 62.6 Å². The quantitative estimate of drug-likeness (QED) is 0.0324. The van der Waals surface area contributed by atoms with Gasteiger partial charge in [-0.3, -0.25) is 49.3 Å². The maximum atomic E-state index is 13.7. The van der Waals surface area contributed by atoms with E-state index >= 15 is 0 Å². The molecule has 8 N–H and O–H groups in total. The van der Waals surface area contributed by atoms with Gasteiger partial charge in [-0.25, -0.2) is 10.4 Å². The number of imidazole rings is 1. The van der Waals surface area contributed by atoms with Gasteiger partial charge in [0.2, 0.25) is 11.8 Å². The Morgan fingerprint density at radius 3 is 1.89 bits per heavy atom. The van der Waals surface area contributed by atoms with Crippen molar-refractivity contribution in [3.05, 3.63) is 89.5 Å². The van der Waals surface area contributed by atoms with Crippen molar-refractivity contribution >= 4 is 41.8 Å². The largest absolute Gasteiger partial charge is 0.460 e. The molecule has 2 heterocycles. The maximum absolute atomic E-state index is 13.7. The summed E-state index contributed by atoms with van der Waals surface area (Å²) in [6, 6.07) is 14.6. The number of aromatic nitrogens is 2. The predicted molar refractivity (Wildman–Crippen MR) is 250 cm³/mol. The van der Waals surface area contributed by atoms with E-state index in [4.69, 9.17) is 9.57 Å². The number of aliphatic imine (C=N–C) groups is 1. The van der Waals surface area contributed by atoms with Crippen LogP contribution in [0, 0.1) is 11.8 Å². The van der Waals surface area contributed by atoms with Crippen molar-refractivity contribution in [3.8, 4) is 0 Å². The molecule has 2 unspecified atom stereocenters. The molecule has 0 spiro atoms. The van der Waals surface area contributed by atoms with Crippen LogP contribution in [0.2, 0.25) is 0 Å². The highest BCUT2D eigenvalue weighted by Crippen LogP contribution is 2.13. The van der Waals surface area contributed by atoms with Gasteiger partial charge in [-0.1, -0.05) is 102 Å². The second kappa shape index (κ2) is 29.5. The van der Waals surface area contributed by atoms with Crippen molar-refractivity contribution < 1.29 is 38.3 Å². The number of hydroxylamine groups is 1. The molecule has 1 aliphatic rings. The lowest BCUT2D eigenvalue weighted by molar-refractivity contribution is -0.149. The number of amides is 5. The summed E-state index contributed by atoms with van der Waals surface area (Å²) in [5.74, 6) is -4.23. The van der Waals surface area contributed by atoms with E-state index < -0.39 is 59.7 Å². The second-order valence-electron chi connectivity index (χ2n) is 15.9. The number of imide groups is 1. The monoisotopic (exact) mass is 919 g/mol. The Balaban J connectivity index is 0.00000132. The zero-order valence-electron chi connectivity index (χ0n) is 39.5. The molecule has 362 valence electrons. The summed E-state index contributed by atoms with van der Waals surface area (Å²) in [4.78, 5) is 99.3. The minimum Gasteiger partial charge on any atom is -0.460 e.